The van der Waals surface area contributed by atoms with Gasteiger partial charge in [-0.05, 0) is 110 Å². The minimum Gasteiger partial charge on any atom is -0.309 e. The molecule has 230 valence electrons. The molecule has 0 fully saturated rings. The molecule has 0 N–H and O–H groups in total. The molecule has 0 atom stereocenters. The zero-order valence-electron chi connectivity index (χ0n) is 26.9. The molecule has 11 rings (SSSR count). The summed E-state index contributed by atoms with van der Waals surface area (Å²) in [5, 5.41) is 24.9. The second kappa shape index (κ2) is 10.1. The number of fused-ring (bicyclic) bond motifs is 10. The highest BCUT2D eigenvalue weighted by Crippen LogP contribution is 2.40. The van der Waals surface area contributed by atoms with E-state index >= 15 is 0 Å². The highest BCUT2D eigenvalue weighted by atomic mass is 15.0. The van der Waals surface area contributed by atoms with E-state index in [1.165, 1.54) is 64.6 Å². The minimum absolute atomic E-state index is 0.616. The van der Waals surface area contributed by atoms with Crippen molar-refractivity contribution >= 4 is 86.7 Å². The third-order valence-corrected chi connectivity index (χ3v) is 10.5. The Morgan fingerprint density at radius 2 is 0.580 bits per heavy atom. The van der Waals surface area contributed by atoms with E-state index in [4.69, 9.17) is 0 Å². The van der Waals surface area contributed by atoms with Gasteiger partial charge in [-0.1, -0.05) is 97.1 Å². The molecule has 0 spiro atoms. The van der Waals surface area contributed by atoms with Gasteiger partial charge in [-0.3, -0.25) is 0 Å². The van der Waals surface area contributed by atoms with Gasteiger partial charge in [-0.15, -0.1) is 0 Å². The zero-order chi connectivity index (χ0) is 32.9. The third kappa shape index (κ3) is 3.85. The van der Waals surface area contributed by atoms with E-state index in [2.05, 4.69) is 167 Å². The van der Waals surface area contributed by atoms with Crippen LogP contribution in [0.3, 0.4) is 0 Å². The molecule has 50 heavy (non-hydrogen) atoms. The lowest BCUT2D eigenvalue weighted by atomic mass is 10.0. The van der Waals surface area contributed by atoms with Crippen LogP contribution in [-0.4, -0.2) is 9.13 Å². The Morgan fingerprint density at radius 3 is 0.840 bits per heavy atom. The summed E-state index contributed by atoms with van der Waals surface area (Å²) < 4.78 is 4.71. The smallest absolute Gasteiger partial charge is 0.0993 e. The number of benzene rings is 9. The maximum absolute atomic E-state index is 10.5. The van der Waals surface area contributed by atoms with Crippen LogP contribution in [0.5, 0.6) is 0 Å². The van der Waals surface area contributed by atoms with Crippen molar-refractivity contribution in [3.63, 3.8) is 0 Å². The topological polar surface area (TPSA) is 33.6 Å². The van der Waals surface area contributed by atoms with Crippen molar-refractivity contribution < 1.29 is 0 Å². The van der Waals surface area contributed by atoms with Crippen molar-refractivity contribution in [3.8, 4) is 17.4 Å². The number of aromatic nitrogens is 2. The van der Waals surface area contributed by atoms with Crippen LogP contribution in [-0.2, 0) is 0 Å². The molecule has 11 aromatic rings. The van der Waals surface area contributed by atoms with Gasteiger partial charge in [0.2, 0.25) is 0 Å². The van der Waals surface area contributed by atoms with Crippen LogP contribution < -0.4 is 0 Å². The largest absolute Gasteiger partial charge is 0.309 e. The van der Waals surface area contributed by atoms with Crippen LogP contribution in [0.25, 0.3) is 98.1 Å². The molecule has 0 unspecified atom stereocenters. The molecular weight excluding hydrogens is 607 g/mol. The molecule has 3 nitrogen and oxygen atoms in total. The van der Waals surface area contributed by atoms with E-state index in [0.29, 0.717) is 5.56 Å². The monoisotopic (exact) mass is 633 g/mol. The van der Waals surface area contributed by atoms with E-state index < -0.39 is 0 Å². The number of hydrogen-bond donors (Lipinski definition) is 0. The molecule has 0 bridgehead atoms. The Hall–Kier alpha value is -6.89. The van der Waals surface area contributed by atoms with E-state index in [0.717, 1.165) is 33.4 Å². The molecule has 0 aliphatic carbocycles. The molecule has 0 aliphatic rings. The first-order valence-corrected chi connectivity index (χ1v) is 17.0. The van der Waals surface area contributed by atoms with Gasteiger partial charge in [0.15, 0.2) is 0 Å². The second-order valence-corrected chi connectivity index (χ2v) is 13.4. The van der Waals surface area contributed by atoms with Crippen LogP contribution in [0.4, 0.5) is 0 Å². The van der Waals surface area contributed by atoms with Crippen LogP contribution in [0.1, 0.15) is 5.56 Å². The van der Waals surface area contributed by atoms with Gasteiger partial charge >= 0.3 is 0 Å². The van der Waals surface area contributed by atoms with Gasteiger partial charge in [0.1, 0.15) is 0 Å². The van der Waals surface area contributed by atoms with Gasteiger partial charge in [0.05, 0.1) is 33.7 Å². The lowest BCUT2D eigenvalue weighted by molar-refractivity contribution is 1.13. The van der Waals surface area contributed by atoms with Crippen LogP contribution in [0.15, 0.2) is 164 Å². The van der Waals surface area contributed by atoms with Crippen molar-refractivity contribution in [2.45, 2.75) is 0 Å². The Morgan fingerprint density at radius 1 is 0.320 bits per heavy atom. The molecule has 0 aliphatic heterocycles. The average Bonchev–Trinajstić information content (AvgIpc) is 3.64. The number of nitriles is 1. The zero-order valence-corrected chi connectivity index (χ0v) is 26.9. The van der Waals surface area contributed by atoms with Crippen molar-refractivity contribution in [3.05, 3.63) is 169 Å². The summed E-state index contributed by atoms with van der Waals surface area (Å²) in [4.78, 5) is 0. The van der Waals surface area contributed by atoms with Crippen LogP contribution >= 0.6 is 0 Å². The van der Waals surface area contributed by atoms with Crippen LogP contribution in [0, 0.1) is 11.3 Å². The highest BCUT2D eigenvalue weighted by molar-refractivity contribution is 6.18. The number of hydrogen-bond acceptors (Lipinski definition) is 1. The van der Waals surface area contributed by atoms with Gasteiger partial charge in [0.25, 0.3) is 0 Å². The second-order valence-electron chi connectivity index (χ2n) is 13.4. The number of rotatable bonds is 2. The fraction of sp³-hybridized carbons (Fsp3) is 0. The SMILES string of the molecule is N#Cc1cc(-n2c3cc4ccccc4cc3c3cc4ccccc4cc32)cc(-n2c3cc4ccccc4cc3c3cc4ccccc4cc32)c1. The summed E-state index contributed by atoms with van der Waals surface area (Å²) in [6.45, 7) is 0. The standard InChI is InChI=1S/C47H27N3/c48-28-29-17-38(49-44-23-34-13-5-1-9-30(34)19-40(44)41-20-31-10-2-6-14-35(31)24-45(41)49)27-39(18-29)50-46-25-36-15-7-3-11-32(36)21-42(46)43-22-33-12-4-8-16-37(33)26-47(43)50/h1-27H. The fourth-order valence-electron chi connectivity index (χ4n) is 8.25. The highest BCUT2D eigenvalue weighted by Gasteiger charge is 2.19. The van der Waals surface area contributed by atoms with Crippen molar-refractivity contribution in [1.82, 2.24) is 9.13 Å². The molecule has 0 radical (unpaired) electrons. The Bertz CT molecular complexity index is 2880. The molecule has 2 heterocycles. The summed E-state index contributed by atoms with van der Waals surface area (Å²) >= 11 is 0. The van der Waals surface area contributed by atoms with Gasteiger partial charge in [0, 0.05) is 32.9 Å². The van der Waals surface area contributed by atoms with E-state index in [9.17, 15) is 5.26 Å². The molecular formula is C47H27N3. The van der Waals surface area contributed by atoms with Gasteiger partial charge < -0.3 is 9.13 Å². The first-order valence-electron chi connectivity index (χ1n) is 17.0. The fourth-order valence-corrected chi connectivity index (χ4v) is 8.25. The average molecular weight is 634 g/mol. The summed E-state index contributed by atoms with van der Waals surface area (Å²) in [7, 11) is 0. The van der Waals surface area contributed by atoms with Gasteiger partial charge in [-0.25, -0.2) is 0 Å². The molecule has 2 aromatic heterocycles. The predicted molar refractivity (Wildman–Crippen MR) is 210 cm³/mol. The third-order valence-electron chi connectivity index (χ3n) is 10.5. The predicted octanol–water partition coefficient (Wildman–Crippen LogP) is 12.4. The maximum atomic E-state index is 10.5. The maximum Gasteiger partial charge on any atom is 0.0993 e. The lowest BCUT2D eigenvalue weighted by Crippen LogP contribution is -2.00. The van der Waals surface area contributed by atoms with E-state index in [1.54, 1.807) is 0 Å². The molecule has 3 heteroatoms. The van der Waals surface area contributed by atoms with Crippen molar-refractivity contribution in [2.75, 3.05) is 0 Å². The van der Waals surface area contributed by atoms with Crippen molar-refractivity contribution in [2.24, 2.45) is 0 Å². The molecule has 0 amide bonds. The summed E-state index contributed by atoms with van der Waals surface area (Å²) in [5.41, 5.74) is 7.01. The Labute approximate surface area is 287 Å². The first kappa shape index (κ1) is 27.1. The normalized spacial score (nSPS) is 12.0. The summed E-state index contributed by atoms with van der Waals surface area (Å²) in [6, 6.07) is 61.5. The molecule has 0 saturated carbocycles. The summed E-state index contributed by atoms with van der Waals surface area (Å²) in [6.07, 6.45) is 0. The summed E-state index contributed by atoms with van der Waals surface area (Å²) in [5.74, 6) is 0. The number of nitrogens with zero attached hydrogens (tertiary/aromatic N) is 3. The van der Waals surface area contributed by atoms with E-state index in [1.807, 2.05) is 12.1 Å². The lowest BCUT2D eigenvalue weighted by Gasteiger charge is -2.14. The molecule has 0 saturated heterocycles. The van der Waals surface area contributed by atoms with Crippen LogP contribution in [0.2, 0.25) is 0 Å². The minimum atomic E-state index is 0.616. The van der Waals surface area contributed by atoms with E-state index in [-0.39, 0.29) is 0 Å². The molecule has 9 aromatic carbocycles. The Kier molecular flexibility index (Phi) is 5.45. The van der Waals surface area contributed by atoms with Gasteiger partial charge in [-0.2, -0.15) is 5.26 Å². The Balaban J connectivity index is 1.28. The van der Waals surface area contributed by atoms with Crippen molar-refractivity contribution in [1.29, 1.82) is 5.26 Å². The quantitative estimate of drug-likeness (QED) is 0.186. The first-order chi connectivity index (χ1) is 24.7.